The summed E-state index contributed by atoms with van der Waals surface area (Å²) in [7, 11) is 0. The van der Waals surface area contributed by atoms with E-state index in [9.17, 15) is 9.18 Å². The van der Waals surface area contributed by atoms with Gasteiger partial charge in [0.1, 0.15) is 5.82 Å². The highest BCUT2D eigenvalue weighted by Crippen LogP contribution is 2.16. The fourth-order valence-electron chi connectivity index (χ4n) is 1.61. The van der Waals surface area contributed by atoms with Crippen molar-refractivity contribution < 1.29 is 9.18 Å². The molecule has 2 rings (SSSR count). The van der Waals surface area contributed by atoms with Crippen molar-refractivity contribution in [1.82, 2.24) is 10.3 Å². The first kappa shape index (κ1) is 13.5. The Bertz CT molecular complexity index is 575. The van der Waals surface area contributed by atoms with Crippen LogP contribution in [-0.4, -0.2) is 17.4 Å². The summed E-state index contributed by atoms with van der Waals surface area (Å²) in [6, 6.07) is 7.93. The molecule has 1 aromatic heterocycles. The zero-order valence-corrected chi connectivity index (χ0v) is 10.8. The summed E-state index contributed by atoms with van der Waals surface area (Å²) in [6.07, 6.45) is 3.70. The molecule has 2 aromatic rings. The summed E-state index contributed by atoms with van der Waals surface area (Å²) < 4.78 is 13.0. The van der Waals surface area contributed by atoms with E-state index in [4.69, 9.17) is 11.6 Å². The largest absolute Gasteiger partial charge is 0.352 e. The lowest BCUT2D eigenvalue weighted by Crippen LogP contribution is -2.25. The molecule has 3 nitrogen and oxygen atoms in total. The van der Waals surface area contributed by atoms with E-state index in [1.165, 1.54) is 12.3 Å². The molecule has 0 bridgehead atoms. The fraction of sp³-hybridized carbons (Fsp3) is 0.143. The van der Waals surface area contributed by atoms with Gasteiger partial charge in [-0.1, -0.05) is 17.7 Å². The SMILES string of the molecule is O=C(NCCc1ccc(F)c(Cl)c1)c1cccnc1. The molecule has 0 atom stereocenters. The standard InChI is InChI=1S/C14H12ClFN2O/c15-12-8-10(3-4-13(12)16)5-7-18-14(19)11-2-1-6-17-9-11/h1-4,6,8-9H,5,7H2,(H,18,19). The molecule has 5 heteroatoms. The van der Waals surface area contributed by atoms with E-state index in [1.54, 1.807) is 30.5 Å². The molecule has 1 heterocycles. The number of benzene rings is 1. The minimum Gasteiger partial charge on any atom is -0.352 e. The van der Waals surface area contributed by atoms with E-state index < -0.39 is 5.82 Å². The Kier molecular flexibility index (Phi) is 4.47. The molecule has 0 radical (unpaired) electrons. The third-order valence-electron chi connectivity index (χ3n) is 2.61. The molecule has 1 amide bonds. The van der Waals surface area contributed by atoms with Crippen molar-refractivity contribution in [2.24, 2.45) is 0 Å². The Morgan fingerprint density at radius 1 is 1.37 bits per heavy atom. The molecular weight excluding hydrogens is 267 g/mol. The van der Waals surface area contributed by atoms with E-state index in [1.807, 2.05) is 0 Å². The predicted molar refractivity (Wildman–Crippen MR) is 71.7 cm³/mol. The summed E-state index contributed by atoms with van der Waals surface area (Å²) in [4.78, 5) is 15.6. The molecule has 98 valence electrons. The Hall–Kier alpha value is -1.94. The predicted octanol–water partition coefficient (Wildman–Crippen LogP) is 2.85. The molecule has 0 fully saturated rings. The Balaban J connectivity index is 1.87. The van der Waals surface area contributed by atoms with Crippen LogP contribution in [0.4, 0.5) is 4.39 Å². The molecule has 0 saturated carbocycles. The van der Waals surface area contributed by atoms with Crippen LogP contribution in [0.3, 0.4) is 0 Å². The van der Waals surface area contributed by atoms with Crippen LogP contribution in [0.5, 0.6) is 0 Å². The smallest absolute Gasteiger partial charge is 0.252 e. The van der Waals surface area contributed by atoms with Gasteiger partial charge in [0.15, 0.2) is 0 Å². The number of hydrogen-bond acceptors (Lipinski definition) is 2. The van der Waals surface area contributed by atoms with Gasteiger partial charge in [-0.05, 0) is 36.2 Å². The second kappa shape index (κ2) is 6.29. The van der Waals surface area contributed by atoms with Crippen molar-refractivity contribution in [3.63, 3.8) is 0 Å². The Morgan fingerprint density at radius 3 is 2.89 bits per heavy atom. The van der Waals surface area contributed by atoms with Gasteiger partial charge in [-0.2, -0.15) is 0 Å². The zero-order valence-electron chi connectivity index (χ0n) is 10.1. The van der Waals surface area contributed by atoms with Gasteiger partial charge in [0.2, 0.25) is 0 Å². The first-order chi connectivity index (χ1) is 9.16. The Labute approximate surface area is 115 Å². The molecule has 19 heavy (non-hydrogen) atoms. The number of nitrogens with zero attached hydrogens (tertiary/aromatic N) is 1. The van der Waals surface area contributed by atoms with Gasteiger partial charge in [0.05, 0.1) is 10.6 Å². The number of carbonyl (C=O) groups is 1. The van der Waals surface area contributed by atoms with E-state index >= 15 is 0 Å². The number of pyridine rings is 1. The van der Waals surface area contributed by atoms with Crippen molar-refractivity contribution >= 4 is 17.5 Å². The van der Waals surface area contributed by atoms with Crippen LogP contribution in [0.25, 0.3) is 0 Å². The second-order valence-electron chi connectivity index (χ2n) is 4.00. The molecular formula is C14H12ClFN2O. The highest BCUT2D eigenvalue weighted by atomic mass is 35.5. The summed E-state index contributed by atoms with van der Waals surface area (Å²) in [5.74, 6) is -0.619. The molecule has 0 aliphatic rings. The minimum absolute atomic E-state index is 0.0936. The van der Waals surface area contributed by atoms with Gasteiger partial charge >= 0.3 is 0 Å². The van der Waals surface area contributed by atoms with Crippen molar-refractivity contribution in [3.05, 3.63) is 64.7 Å². The molecule has 0 aliphatic carbocycles. The zero-order chi connectivity index (χ0) is 13.7. The van der Waals surface area contributed by atoms with Crippen LogP contribution in [0.1, 0.15) is 15.9 Å². The van der Waals surface area contributed by atoms with Gasteiger partial charge in [-0.15, -0.1) is 0 Å². The molecule has 1 aromatic carbocycles. The molecule has 0 spiro atoms. The molecule has 1 N–H and O–H groups in total. The van der Waals surface area contributed by atoms with Crippen molar-refractivity contribution in [2.75, 3.05) is 6.54 Å². The second-order valence-corrected chi connectivity index (χ2v) is 4.40. The van der Waals surface area contributed by atoms with Gasteiger partial charge in [0, 0.05) is 18.9 Å². The third kappa shape index (κ3) is 3.76. The lowest BCUT2D eigenvalue weighted by molar-refractivity contribution is 0.0954. The van der Waals surface area contributed by atoms with Gasteiger partial charge in [0.25, 0.3) is 5.91 Å². The van der Waals surface area contributed by atoms with E-state index in [2.05, 4.69) is 10.3 Å². The number of amides is 1. The lowest BCUT2D eigenvalue weighted by Gasteiger charge is -2.05. The van der Waals surface area contributed by atoms with Crippen molar-refractivity contribution in [1.29, 1.82) is 0 Å². The van der Waals surface area contributed by atoms with E-state index in [0.717, 1.165) is 5.56 Å². The minimum atomic E-state index is -0.440. The highest BCUT2D eigenvalue weighted by molar-refractivity contribution is 6.30. The topological polar surface area (TPSA) is 42.0 Å². The van der Waals surface area contributed by atoms with Crippen LogP contribution in [0, 0.1) is 5.82 Å². The van der Waals surface area contributed by atoms with Crippen LogP contribution in [-0.2, 0) is 6.42 Å². The number of carbonyl (C=O) groups excluding carboxylic acids is 1. The first-order valence-electron chi connectivity index (χ1n) is 5.79. The van der Waals surface area contributed by atoms with Crippen LogP contribution >= 0.6 is 11.6 Å². The van der Waals surface area contributed by atoms with Gasteiger partial charge < -0.3 is 5.32 Å². The van der Waals surface area contributed by atoms with Crippen LogP contribution in [0.2, 0.25) is 5.02 Å². The average Bonchev–Trinajstić information content (AvgIpc) is 2.43. The van der Waals surface area contributed by atoms with Gasteiger partial charge in [-0.25, -0.2) is 4.39 Å². The van der Waals surface area contributed by atoms with Crippen molar-refractivity contribution in [3.8, 4) is 0 Å². The van der Waals surface area contributed by atoms with Gasteiger partial charge in [-0.3, -0.25) is 9.78 Å². The van der Waals surface area contributed by atoms with Crippen molar-refractivity contribution in [2.45, 2.75) is 6.42 Å². The monoisotopic (exact) mass is 278 g/mol. The third-order valence-corrected chi connectivity index (χ3v) is 2.90. The summed E-state index contributed by atoms with van der Waals surface area (Å²) in [5.41, 5.74) is 1.39. The number of aromatic nitrogens is 1. The number of hydrogen-bond donors (Lipinski definition) is 1. The number of rotatable bonds is 4. The average molecular weight is 279 g/mol. The number of nitrogens with one attached hydrogen (secondary N) is 1. The maximum atomic E-state index is 13.0. The van der Waals surface area contributed by atoms with Crippen LogP contribution in [0.15, 0.2) is 42.7 Å². The molecule has 0 aliphatic heterocycles. The lowest BCUT2D eigenvalue weighted by atomic mass is 10.1. The summed E-state index contributed by atoms with van der Waals surface area (Å²) in [5, 5.41) is 2.86. The van der Waals surface area contributed by atoms with E-state index in [0.29, 0.717) is 18.5 Å². The highest BCUT2D eigenvalue weighted by Gasteiger charge is 2.05. The molecule has 0 unspecified atom stereocenters. The maximum absolute atomic E-state index is 13.0. The first-order valence-corrected chi connectivity index (χ1v) is 6.17. The number of halogens is 2. The van der Waals surface area contributed by atoms with E-state index in [-0.39, 0.29) is 10.9 Å². The Morgan fingerprint density at radius 2 is 2.21 bits per heavy atom. The normalized spacial score (nSPS) is 10.2. The maximum Gasteiger partial charge on any atom is 0.252 e. The fourth-order valence-corrected chi connectivity index (χ4v) is 1.82. The molecule has 0 saturated heterocycles. The summed E-state index contributed by atoms with van der Waals surface area (Å²) in [6.45, 7) is 0.454. The summed E-state index contributed by atoms with van der Waals surface area (Å²) >= 11 is 5.68. The quantitative estimate of drug-likeness (QED) is 0.934. The van der Waals surface area contributed by atoms with Crippen LogP contribution < -0.4 is 5.32 Å².